The number of aliphatic hydroxyl groups excluding tert-OH is 1. The van der Waals surface area contributed by atoms with Crippen LogP contribution in [0.4, 0.5) is 0 Å². The minimum atomic E-state index is 0.0440. The third-order valence-electron chi connectivity index (χ3n) is 2.76. The van der Waals surface area contributed by atoms with Crippen LogP contribution in [0.2, 0.25) is 0 Å². The first-order chi connectivity index (χ1) is 4.36. The number of hydrogen-bond donors (Lipinski definition) is 1. The van der Waals surface area contributed by atoms with E-state index >= 15 is 0 Å². The fourth-order valence-electron chi connectivity index (χ4n) is 2.04. The molecule has 0 amide bonds. The largest absolute Gasteiger partial charge is 0.393 e. The molecule has 0 aromatic heterocycles. The van der Waals surface area contributed by atoms with Crippen molar-refractivity contribution < 1.29 is 5.11 Å². The maximum Gasteiger partial charge on any atom is 0.0543 e. The fraction of sp³-hybridized carbons (Fsp3) is 1.00. The van der Waals surface area contributed by atoms with Crippen molar-refractivity contribution >= 4 is 0 Å². The van der Waals surface area contributed by atoms with Crippen LogP contribution in [0.5, 0.6) is 0 Å². The minimum Gasteiger partial charge on any atom is -0.393 e. The topological polar surface area (TPSA) is 20.2 Å². The van der Waals surface area contributed by atoms with Gasteiger partial charge in [-0.3, -0.25) is 0 Å². The summed E-state index contributed by atoms with van der Waals surface area (Å²) in [5.74, 6) is 1.93. The average Bonchev–Trinajstić information content (AvgIpc) is 2.43. The molecule has 0 unspecified atom stereocenters. The van der Waals surface area contributed by atoms with E-state index in [0.29, 0.717) is 0 Å². The Morgan fingerprint density at radius 2 is 1.89 bits per heavy atom. The molecule has 0 spiro atoms. The van der Waals surface area contributed by atoms with E-state index in [4.69, 9.17) is 0 Å². The predicted octanol–water partition coefficient (Wildman–Crippen LogP) is 1.56. The van der Waals surface area contributed by atoms with Gasteiger partial charge in [0.1, 0.15) is 0 Å². The third-order valence-corrected chi connectivity index (χ3v) is 2.76. The first-order valence-corrected chi connectivity index (χ1v) is 4.04. The van der Waals surface area contributed by atoms with Crippen molar-refractivity contribution in [2.75, 3.05) is 0 Å². The number of hydrogen-bond acceptors (Lipinski definition) is 1. The van der Waals surface area contributed by atoms with Gasteiger partial charge in [-0.05, 0) is 31.1 Å². The molecule has 52 valence electrons. The van der Waals surface area contributed by atoms with Gasteiger partial charge in [-0.25, -0.2) is 0 Å². The van der Waals surface area contributed by atoms with E-state index in [1.807, 2.05) is 0 Å². The van der Waals surface area contributed by atoms with E-state index in [9.17, 15) is 5.11 Å². The summed E-state index contributed by atoms with van der Waals surface area (Å²) in [5, 5.41) is 9.29. The normalized spacial score (nSPS) is 49.7. The van der Waals surface area contributed by atoms with Crippen LogP contribution in [0.15, 0.2) is 0 Å². The Bertz CT molecular complexity index is 111. The van der Waals surface area contributed by atoms with Gasteiger partial charge >= 0.3 is 0 Å². The minimum absolute atomic E-state index is 0.0440. The quantitative estimate of drug-likeness (QED) is 0.522. The van der Waals surface area contributed by atoms with Crippen LogP contribution in [0.1, 0.15) is 32.1 Å². The van der Waals surface area contributed by atoms with Crippen LogP contribution in [0, 0.1) is 11.8 Å². The SMILES string of the molecule is O[C@@H]1CCC[C@@H]2C[C@@H]2C1. The predicted molar refractivity (Wildman–Crippen MR) is 36.1 cm³/mol. The Labute approximate surface area is 56.1 Å². The Hall–Kier alpha value is -0.0400. The lowest BCUT2D eigenvalue weighted by molar-refractivity contribution is 0.150. The molecule has 3 atom stereocenters. The van der Waals surface area contributed by atoms with E-state index in [0.717, 1.165) is 24.7 Å². The Balaban J connectivity index is 1.92. The van der Waals surface area contributed by atoms with Crippen molar-refractivity contribution in [1.82, 2.24) is 0 Å². The van der Waals surface area contributed by atoms with Crippen LogP contribution >= 0.6 is 0 Å². The zero-order chi connectivity index (χ0) is 6.27. The van der Waals surface area contributed by atoms with E-state index in [1.54, 1.807) is 0 Å². The monoisotopic (exact) mass is 126 g/mol. The lowest BCUT2D eigenvalue weighted by Gasteiger charge is -2.04. The second-order valence-electron chi connectivity index (χ2n) is 3.58. The number of fused-ring (bicyclic) bond motifs is 1. The Morgan fingerprint density at radius 1 is 1.00 bits per heavy atom. The molecule has 0 aliphatic heterocycles. The van der Waals surface area contributed by atoms with E-state index < -0.39 is 0 Å². The number of rotatable bonds is 0. The maximum absolute atomic E-state index is 9.29. The molecule has 2 saturated carbocycles. The van der Waals surface area contributed by atoms with Crippen molar-refractivity contribution in [1.29, 1.82) is 0 Å². The molecule has 1 heteroatoms. The van der Waals surface area contributed by atoms with Crippen LogP contribution in [0.3, 0.4) is 0 Å². The lowest BCUT2D eigenvalue weighted by atomic mass is 10.1. The summed E-state index contributed by atoms with van der Waals surface area (Å²) < 4.78 is 0. The van der Waals surface area contributed by atoms with E-state index in [1.165, 1.54) is 19.3 Å². The van der Waals surface area contributed by atoms with Crippen molar-refractivity contribution in [3.05, 3.63) is 0 Å². The van der Waals surface area contributed by atoms with Gasteiger partial charge in [-0.15, -0.1) is 0 Å². The van der Waals surface area contributed by atoms with Crippen LogP contribution < -0.4 is 0 Å². The highest BCUT2D eigenvalue weighted by atomic mass is 16.3. The Morgan fingerprint density at radius 3 is 2.78 bits per heavy atom. The van der Waals surface area contributed by atoms with Crippen LogP contribution in [0.25, 0.3) is 0 Å². The first-order valence-electron chi connectivity index (χ1n) is 4.04. The van der Waals surface area contributed by atoms with Crippen LogP contribution in [-0.4, -0.2) is 11.2 Å². The molecule has 9 heavy (non-hydrogen) atoms. The standard InChI is InChI=1S/C8H14O/c9-8-3-1-2-6-4-7(6)5-8/h6-9H,1-5H2/t6-,7-,8-/m1/s1. The summed E-state index contributed by atoms with van der Waals surface area (Å²) >= 11 is 0. The molecular formula is C8H14O. The van der Waals surface area contributed by atoms with E-state index in [2.05, 4.69) is 0 Å². The molecule has 0 heterocycles. The van der Waals surface area contributed by atoms with Gasteiger partial charge in [0, 0.05) is 0 Å². The summed E-state index contributed by atoms with van der Waals surface area (Å²) in [4.78, 5) is 0. The highest BCUT2D eigenvalue weighted by Gasteiger charge is 2.39. The second-order valence-corrected chi connectivity index (χ2v) is 3.58. The second kappa shape index (κ2) is 1.98. The zero-order valence-electron chi connectivity index (χ0n) is 5.71. The molecule has 0 aromatic rings. The highest BCUT2D eigenvalue weighted by Crippen LogP contribution is 2.47. The van der Waals surface area contributed by atoms with Gasteiger partial charge in [0.05, 0.1) is 6.10 Å². The van der Waals surface area contributed by atoms with Gasteiger partial charge in [-0.2, -0.15) is 0 Å². The van der Waals surface area contributed by atoms with Gasteiger partial charge in [0.2, 0.25) is 0 Å². The molecule has 2 fully saturated rings. The molecule has 0 saturated heterocycles. The molecule has 2 aliphatic carbocycles. The smallest absolute Gasteiger partial charge is 0.0543 e. The van der Waals surface area contributed by atoms with Gasteiger partial charge in [-0.1, -0.05) is 12.8 Å². The summed E-state index contributed by atoms with van der Waals surface area (Å²) in [6.07, 6.45) is 6.28. The zero-order valence-corrected chi connectivity index (χ0v) is 5.71. The van der Waals surface area contributed by atoms with Crippen molar-refractivity contribution in [2.45, 2.75) is 38.2 Å². The summed E-state index contributed by atoms with van der Waals surface area (Å²) in [6.45, 7) is 0. The fourth-order valence-corrected chi connectivity index (χ4v) is 2.04. The molecule has 0 aromatic carbocycles. The number of aliphatic hydroxyl groups is 1. The van der Waals surface area contributed by atoms with Crippen molar-refractivity contribution in [3.8, 4) is 0 Å². The molecule has 1 N–H and O–H groups in total. The summed E-state index contributed by atoms with van der Waals surface area (Å²) in [6, 6.07) is 0. The summed E-state index contributed by atoms with van der Waals surface area (Å²) in [5.41, 5.74) is 0. The summed E-state index contributed by atoms with van der Waals surface area (Å²) in [7, 11) is 0. The molecule has 2 rings (SSSR count). The molecular weight excluding hydrogens is 112 g/mol. The molecule has 0 bridgehead atoms. The highest BCUT2D eigenvalue weighted by molar-refractivity contribution is 4.90. The van der Waals surface area contributed by atoms with Gasteiger partial charge in [0.25, 0.3) is 0 Å². The molecule has 2 aliphatic rings. The first kappa shape index (κ1) is 5.72. The Kier molecular flexibility index (Phi) is 1.26. The van der Waals surface area contributed by atoms with Gasteiger partial charge in [0.15, 0.2) is 0 Å². The molecule has 0 radical (unpaired) electrons. The van der Waals surface area contributed by atoms with Crippen LogP contribution in [-0.2, 0) is 0 Å². The lowest BCUT2D eigenvalue weighted by Crippen LogP contribution is -2.04. The average molecular weight is 126 g/mol. The van der Waals surface area contributed by atoms with E-state index in [-0.39, 0.29) is 6.10 Å². The third kappa shape index (κ3) is 1.11. The molecule has 1 nitrogen and oxygen atoms in total. The van der Waals surface area contributed by atoms with Crippen molar-refractivity contribution in [3.63, 3.8) is 0 Å². The van der Waals surface area contributed by atoms with Crippen molar-refractivity contribution in [2.24, 2.45) is 11.8 Å². The maximum atomic E-state index is 9.29. The van der Waals surface area contributed by atoms with Gasteiger partial charge < -0.3 is 5.11 Å².